The lowest BCUT2D eigenvalue weighted by Gasteiger charge is -2.17. The number of hydrogen-bond donors (Lipinski definition) is 1. The van der Waals surface area contributed by atoms with E-state index in [0.717, 1.165) is 31.0 Å². The average Bonchev–Trinajstić information content (AvgIpc) is 2.65. The highest BCUT2D eigenvalue weighted by Crippen LogP contribution is 2.10. The van der Waals surface area contributed by atoms with Crippen molar-refractivity contribution in [2.45, 2.75) is 26.8 Å². The van der Waals surface area contributed by atoms with Crippen LogP contribution < -0.4 is 0 Å². The first kappa shape index (κ1) is 11.3. The van der Waals surface area contributed by atoms with E-state index in [2.05, 4.69) is 18.7 Å². The van der Waals surface area contributed by atoms with E-state index in [-0.39, 0.29) is 6.61 Å². The van der Waals surface area contributed by atoms with Crippen molar-refractivity contribution in [2.75, 3.05) is 19.7 Å². The van der Waals surface area contributed by atoms with Gasteiger partial charge in [-0.05, 0) is 18.7 Å². The van der Waals surface area contributed by atoms with Gasteiger partial charge in [0.25, 0.3) is 0 Å². The lowest BCUT2D eigenvalue weighted by atomic mass is 10.3. The molecular weight excluding hydrogens is 178 g/mol. The molecule has 0 radical (unpaired) electrons. The van der Waals surface area contributed by atoms with E-state index in [9.17, 15) is 0 Å². The fourth-order valence-electron chi connectivity index (χ4n) is 1.41. The van der Waals surface area contributed by atoms with Gasteiger partial charge in [-0.15, -0.1) is 0 Å². The second kappa shape index (κ2) is 5.83. The van der Waals surface area contributed by atoms with E-state index in [1.165, 1.54) is 0 Å². The van der Waals surface area contributed by atoms with Crippen LogP contribution in [-0.2, 0) is 13.0 Å². The van der Waals surface area contributed by atoms with Crippen LogP contribution in [0, 0.1) is 0 Å². The molecule has 0 aliphatic rings. The highest BCUT2D eigenvalue weighted by molar-refractivity contribution is 5.06. The molecule has 0 amide bonds. The molecule has 3 heteroatoms. The third kappa shape index (κ3) is 3.16. The van der Waals surface area contributed by atoms with Gasteiger partial charge in [0.15, 0.2) is 0 Å². The smallest absolute Gasteiger partial charge is 0.118 e. The summed E-state index contributed by atoms with van der Waals surface area (Å²) in [5, 5.41) is 8.82. The molecule has 3 nitrogen and oxygen atoms in total. The Bertz CT molecular complexity index is 258. The van der Waals surface area contributed by atoms with Crippen molar-refractivity contribution in [2.24, 2.45) is 0 Å². The van der Waals surface area contributed by atoms with Crippen molar-refractivity contribution in [3.8, 4) is 0 Å². The molecule has 1 aromatic rings. The minimum Gasteiger partial charge on any atom is -0.465 e. The van der Waals surface area contributed by atoms with Crippen molar-refractivity contribution in [1.82, 2.24) is 4.90 Å². The van der Waals surface area contributed by atoms with Gasteiger partial charge in [-0.25, -0.2) is 0 Å². The molecule has 0 fully saturated rings. The highest BCUT2D eigenvalue weighted by Gasteiger charge is 2.06. The van der Waals surface area contributed by atoms with Crippen LogP contribution >= 0.6 is 0 Å². The van der Waals surface area contributed by atoms with Gasteiger partial charge in [0, 0.05) is 13.0 Å². The van der Waals surface area contributed by atoms with Crippen LogP contribution in [0.1, 0.15) is 25.4 Å². The molecule has 0 saturated heterocycles. The quantitative estimate of drug-likeness (QED) is 0.753. The van der Waals surface area contributed by atoms with Crippen LogP contribution in [0.5, 0.6) is 0 Å². The number of hydrogen-bond acceptors (Lipinski definition) is 3. The minimum atomic E-state index is 0.204. The summed E-state index contributed by atoms with van der Waals surface area (Å²) >= 11 is 0. The summed E-state index contributed by atoms with van der Waals surface area (Å²) < 4.78 is 5.59. The van der Waals surface area contributed by atoms with Crippen LogP contribution in [0.25, 0.3) is 0 Å². The van der Waals surface area contributed by atoms with Gasteiger partial charge < -0.3 is 9.52 Å². The first-order chi connectivity index (χ1) is 6.80. The maximum Gasteiger partial charge on any atom is 0.118 e. The molecule has 80 valence electrons. The van der Waals surface area contributed by atoms with Crippen molar-refractivity contribution in [3.63, 3.8) is 0 Å². The van der Waals surface area contributed by atoms with Crippen molar-refractivity contribution in [3.05, 3.63) is 23.7 Å². The molecule has 0 unspecified atom stereocenters. The number of aryl methyl sites for hydroxylation is 1. The van der Waals surface area contributed by atoms with Crippen molar-refractivity contribution < 1.29 is 9.52 Å². The Hall–Kier alpha value is -0.800. The monoisotopic (exact) mass is 197 g/mol. The third-order valence-electron chi connectivity index (χ3n) is 2.31. The fraction of sp³-hybridized carbons (Fsp3) is 0.636. The van der Waals surface area contributed by atoms with Gasteiger partial charge in [-0.2, -0.15) is 0 Å². The highest BCUT2D eigenvalue weighted by atomic mass is 16.3. The van der Waals surface area contributed by atoms with E-state index in [1.54, 1.807) is 0 Å². The van der Waals surface area contributed by atoms with E-state index >= 15 is 0 Å². The Labute approximate surface area is 85.3 Å². The topological polar surface area (TPSA) is 36.6 Å². The van der Waals surface area contributed by atoms with Gasteiger partial charge in [0.2, 0.25) is 0 Å². The van der Waals surface area contributed by atoms with Gasteiger partial charge in [0.1, 0.15) is 11.5 Å². The standard InChI is InChI=1S/C11H19NO2/c1-3-10-5-6-11(14-10)9-12(4-2)7-8-13/h5-6,13H,3-4,7-9H2,1-2H3. The number of aliphatic hydroxyl groups is 1. The van der Waals surface area contributed by atoms with E-state index < -0.39 is 0 Å². The maximum atomic E-state index is 8.82. The van der Waals surface area contributed by atoms with Gasteiger partial charge in [0.05, 0.1) is 13.2 Å². The fourth-order valence-corrected chi connectivity index (χ4v) is 1.41. The largest absolute Gasteiger partial charge is 0.465 e. The first-order valence-electron chi connectivity index (χ1n) is 5.21. The average molecular weight is 197 g/mol. The molecule has 0 spiro atoms. The summed E-state index contributed by atoms with van der Waals surface area (Å²) in [6.45, 7) is 6.79. The van der Waals surface area contributed by atoms with Crippen molar-refractivity contribution in [1.29, 1.82) is 0 Å². The first-order valence-corrected chi connectivity index (χ1v) is 5.21. The van der Waals surface area contributed by atoms with Gasteiger partial charge in [-0.1, -0.05) is 13.8 Å². The zero-order chi connectivity index (χ0) is 10.4. The molecule has 1 N–H and O–H groups in total. The number of nitrogens with zero attached hydrogens (tertiary/aromatic N) is 1. The number of aliphatic hydroxyl groups excluding tert-OH is 1. The van der Waals surface area contributed by atoms with Crippen LogP contribution in [0.3, 0.4) is 0 Å². The van der Waals surface area contributed by atoms with E-state index in [0.29, 0.717) is 6.54 Å². The summed E-state index contributed by atoms with van der Waals surface area (Å²) in [4.78, 5) is 2.15. The van der Waals surface area contributed by atoms with Gasteiger partial charge in [-0.3, -0.25) is 4.90 Å². The lowest BCUT2D eigenvalue weighted by Crippen LogP contribution is -2.25. The summed E-state index contributed by atoms with van der Waals surface area (Å²) in [6.07, 6.45) is 0.937. The molecule has 0 bridgehead atoms. The predicted molar refractivity (Wildman–Crippen MR) is 56.1 cm³/mol. The molecule has 0 aromatic carbocycles. The summed E-state index contributed by atoms with van der Waals surface area (Å²) in [7, 11) is 0. The van der Waals surface area contributed by atoms with E-state index in [4.69, 9.17) is 9.52 Å². The second-order valence-corrected chi connectivity index (χ2v) is 3.31. The minimum absolute atomic E-state index is 0.204. The summed E-state index contributed by atoms with van der Waals surface area (Å²) in [5.41, 5.74) is 0. The number of furan rings is 1. The molecule has 0 aliphatic heterocycles. The second-order valence-electron chi connectivity index (χ2n) is 3.31. The molecule has 1 rings (SSSR count). The van der Waals surface area contributed by atoms with Gasteiger partial charge >= 0.3 is 0 Å². The SMILES string of the molecule is CCc1ccc(CN(CC)CCO)o1. The van der Waals surface area contributed by atoms with Crippen LogP contribution in [0.2, 0.25) is 0 Å². The van der Waals surface area contributed by atoms with E-state index in [1.807, 2.05) is 12.1 Å². The van der Waals surface area contributed by atoms with Crippen LogP contribution in [0.4, 0.5) is 0 Å². The lowest BCUT2D eigenvalue weighted by molar-refractivity contribution is 0.186. The summed E-state index contributed by atoms with van der Waals surface area (Å²) in [5.74, 6) is 2.01. The molecule has 0 saturated carbocycles. The van der Waals surface area contributed by atoms with Crippen LogP contribution in [-0.4, -0.2) is 29.7 Å². The zero-order valence-electron chi connectivity index (χ0n) is 8.99. The number of likely N-dealkylation sites (N-methyl/N-ethyl adjacent to an activating group) is 1. The van der Waals surface area contributed by atoms with Crippen LogP contribution in [0.15, 0.2) is 16.5 Å². The normalized spacial score (nSPS) is 11.1. The molecule has 14 heavy (non-hydrogen) atoms. The third-order valence-corrected chi connectivity index (χ3v) is 2.31. The maximum absolute atomic E-state index is 8.82. The Morgan fingerprint density at radius 3 is 2.50 bits per heavy atom. The molecule has 1 heterocycles. The predicted octanol–water partition coefficient (Wildman–Crippen LogP) is 1.66. The summed E-state index contributed by atoms with van der Waals surface area (Å²) in [6, 6.07) is 4.03. The Balaban J connectivity index is 2.48. The van der Waals surface area contributed by atoms with Crippen molar-refractivity contribution >= 4 is 0 Å². The Morgan fingerprint density at radius 1 is 1.29 bits per heavy atom. The Morgan fingerprint density at radius 2 is 2.00 bits per heavy atom. The Kier molecular flexibility index (Phi) is 4.70. The number of rotatable bonds is 6. The molecular formula is C11H19NO2. The molecule has 1 aromatic heterocycles. The molecule has 0 aliphatic carbocycles. The zero-order valence-corrected chi connectivity index (χ0v) is 8.99. The molecule has 0 atom stereocenters.